The lowest BCUT2D eigenvalue weighted by atomic mass is 9.94. The van der Waals surface area contributed by atoms with Crippen LogP contribution in [0.1, 0.15) is 57.8 Å². The van der Waals surface area contributed by atoms with Crippen molar-refractivity contribution in [3.8, 4) is 0 Å². The van der Waals surface area contributed by atoms with Gasteiger partial charge >= 0.3 is 0 Å². The highest BCUT2D eigenvalue weighted by molar-refractivity contribution is 5.82. The largest absolute Gasteiger partial charge is 0.342 e. The number of amides is 2. The molecule has 2 aliphatic carbocycles. The van der Waals surface area contributed by atoms with Crippen molar-refractivity contribution in [2.75, 3.05) is 26.2 Å². The average Bonchev–Trinajstić information content (AvgIpc) is 3.31. The number of rotatable bonds is 3. The summed E-state index contributed by atoms with van der Waals surface area (Å²) in [5.74, 6) is 3.21. The lowest BCUT2D eigenvalue weighted by molar-refractivity contribution is -0.137. The van der Waals surface area contributed by atoms with Gasteiger partial charge in [0, 0.05) is 38.5 Å². The van der Waals surface area contributed by atoms with E-state index >= 15 is 0 Å². The molecular weight excluding hydrogens is 288 g/mol. The van der Waals surface area contributed by atoms with Crippen LogP contribution in [0.5, 0.6) is 0 Å². The highest BCUT2D eigenvalue weighted by Crippen LogP contribution is 2.56. The fourth-order valence-corrected chi connectivity index (χ4v) is 5.27. The van der Waals surface area contributed by atoms with Crippen molar-refractivity contribution in [3.05, 3.63) is 0 Å². The first kappa shape index (κ1) is 15.5. The minimum atomic E-state index is 0.344. The lowest BCUT2D eigenvalue weighted by Crippen LogP contribution is -2.44. The number of fused-ring (bicyclic) bond motifs is 1. The highest BCUT2D eigenvalue weighted by atomic mass is 16.2. The molecule has 0 aromatic rings. The molecule has 4 aliphatic rings. The second-order valence-electron chi connectivity index (χ2n) is 8.20. The van der Waals surface area contributed by atoms with Gasteiger partial charge in [0.25, 0.3) is 0 Å². The molecule has 3 atom stereocenters. The van der Waals surface area contributed by atoms with Crippen LogP contribution < -0.4 is 0 Å². The van der Waals surface area contributed by atoms with Crippen LogP contribution in [0.25, 0.3) is 0 Å². The number of carbonyl (C=O) groups is 2. The zero-order valence-corrected chi connectivity index (χ0v) is 14.2. The summed E-state index contributed by atoms with van der Waals surface area (Å²) in [6.07, 6.45) is 10.4. The minimum absolute atomic E-state index is 0.344. The maximum Gasteiger partial charge on any atom is 0.226 e. The SMILES string of the molecule is O=C1CCCCN1CC1CCN(C(=O)C2[C@H]3CCCC[C@@H]23)CC1. The summed E-state index contributed by atoms with van der Waals surface area (Å²) < 4.78 is 0. The molecule has 0 bridgehead atoms. The van der Waals surface area contributed by atoms with Crippen LogP contribution >= 0.6 is 0 Å². The van der Waals surface area contributed by atoms with Crippen LogP contribution in [0.15, 0.2) is 0 Å². The van der Waals surface area contributed by atoms with Gasteiger partial charge in [-0.15, -0.1) is 0 Å². The fraction of sp³-hybridized carbons (Fsp3) is 0.895. The lowest BCUT2D eigenvalue weighted by Gasteiger charge is -2.36. The Balaban J connectivity index is 1.24. The van der Waals surface area contributed by atoms with Gasteiger partial charge in [-0.05, 0) is 56.3 Å². The Morgan fingerprint density at radius 2 is 1.61 bits per heavy atom. The number of piperidine rings is 2. The Morgan fingerprint density at radius 1 is 0.913 bits per heavy atom. The number of hydrogen-bond acceptors (Lipinski definition) is 2. The van der Waals surface area contributed by atoms with E-state index in [-0.39, 0.29) is 0 Å². The Hall–Kier alpha value is -1.06. The van der Waals surface area contributed by atoms with Gasteiger partial charge in [0.05, 0.1) is 0 Å². The standard InChI is InChI=1S/C19H30N2O2/c22-17-7-3-4-10-21(17)13-14-8-11-20(12-9-14)19(23)18-15-5-1-2-6-16(15)18/h14-16,18H,1-13H2/t15-,16+,18?. The maximum atomic E-state index is 12.7. The first-order valence-electron chi connectivity index (χ1n) is 9.80. The van der Waals surface area contributed by atoms with Crippen molar-refractivity contribution in [2.45, 2.75) is 57.8 Å². The molecule has 2 aliphatic heterocycles. The van der Waals surface area contributed by atoms with Crippen molar-refractivity contribution >= 4 is 11.8 Å². The van der Waals surface area contributed by atoms with E-state index < -0.39 is 0 Å². The summed E-state index contributed by atoms with van der Waals surface area (Å²) in [5.41, 5.74) is 0. The van der Waals surface area contributed by atoms with Crippen LogP contribution in [0, 0.1) is 23.7 Å². The number of nitrogens with zero attached hydrogens (tertiary/aromatic N) is 2. The summed E-state index contributed by atoms with van der Waals surface area (Å²) >= 11 is 0. The summed E-state index contributed by atoms with van der Waals surface area (Å²) in [6, 6.07) is 0. The predicted molar refractivity (Wildman–Crippen MR) is 88.7 cm³/mol. The molecule has 23 heavy (non-hydrogen) atoms. The molecule has 1 unspecified atom stereocenters. The number of hydrogen-bond donors (Lipinski definition) is 0. The van der Waals surface area contributed by atoms with Crippen molar-refractivity contribution in [1.29, 1.82) is 0 Å². The second-order valence-corrected chi connectivity index (χ2v) is 8.20. The monoisotopic (exact) mass is 318 g/mol. The summed E-state index contributed by atoms with van der Waals surface area (Å²) in [7, 11) is 0. The number of likely N-dealkylation sites (tertiary alicyclic amines) is 2. The third kappa shape index (κ3) is 3.14. The van der Waals surface area contributed by atoms with Crippen LogP contribution in [0.4, 0.5) is 0 Å². The smallest absolute Gasteiger partial charge is 0.226 e. The van der Waals surface area contributed by atoms with Gasteiger partial charge in [0.2, 0.25) is 11.8 Å². The summed E-state index contributed by atoms with van der Waals surface area (Å²) in [4.78, 5) is 28.9. The molecule has 128 valence electrons. The van der Waals surface area contributed by atoms with E-state index in [4.69, 9.17) is 0 Å². The first-order valence-corrected chi connectivity index (χ1v) is 9.80. The average molecular weight is 318 g/mol. The summed E-state index contributed by atoms with van der Waals surface area (Å²) in [6.45, 7) is 3.71. The quantitative estimate of drug-likeness (QED) is 0.803. The van der Waals surface area contributed by atoms with Crippen molar-refractivity contribution in [1.82, 2.24) is 9.80 Å². The third-order valence-corrected chi connectivity index (χ3v) is 6.77. The van der Waals surface area contributed by atoms with Crippen LogP contribution in [0.3, 0.4) is 0 Å². The minimum Gasteiger partial charge on any atom is -0.342 e. The van der Waals surface area contributed by atoms with Gasteiger partial charge in [-0.3, -0.25) is 9.59 Å². The molecule has 4 heteroatoms. The predicted octanol–water partition coefficient (Wildman–Crippen LogP) is 2.67. The molecule has 2 saturated carbocycles. The molecule has 0 N–H and O–H groups in total. The maximum absolute atomic E-state index is 12.7. The third-order valence-electron chi connectivity index (χ3n) is 6.77. The molecule has 4 fully saturated rings. The van der Waals surface area contributed by atoms with Crippen LogP contribution in [-0.2, 0) is 9.59 Å². The van der Waals surface area contributed by atoms with E-state index in [0.29, 0.717) is 23.7 Å². The number of carbonyl (C=O) groups excluding carboxylic acids is 2. The van der Waals surface area contributed by atoms with Crippen LogP contribution in [-0.4, -0.2) is 47.8 Å². The molecule has 0 radical (unpaired) electrons. The molecular formula is C19H30N2O2. The molecule has 4 rings (SSSR count). The van der Waals surface area contributed by atoms with E-state index in [1.807, 2.05) is 0 Å². The Kier molecular flexibility index (Phi) is 4.33. The van der Waals surface area contributed by atoms with Gasteiger partial charge in [-0.2, -0.15) is 0 Å². The molecule has 2 heterocycles. The van der Waals surface area contributed by atoms with Gasteiger partial charge in [0.15, 0.2) is 0 Å². The Labute approximate surface area is 139 Å². The van der Waals surface area contributed by atoms with E-state index in [1.54, 1.807) is 0 Å². The zero-order valence-electron chi connectivity index (χ0n) is 14.2. The molecule has 0 spiro atoms. The van der Waals surface area contributed by atoms with E-state index in [9.17, 15) is 9.59 Å². The summed E-state index contributed by atoms with van der Waals surface area (Å²) in [5, 5.41) is 0. The van der Waals surface area contributed by atoms with Gasteiger partial charge in [-0.25, -0.2) is 0 Å². The highest BCUT2D eigenvalue weighted by Gasteiger charge is 2.55. The molecule has 0 aromatic carbocycles. The van der Waals surface area contributed by atoms with Gasteiger partial charge < -0.3 is 9.80 Å². The normalized spacial score (nSPS) is 35.1. The van der Waals surface area contributed by atoms with Crippen LogP contribution in [0.2, 0.25) is 0 Å². The van der Waals surface area contributed by atoms with Crippen molar-refractivity contribution < 1.29 is 9.59 Å². The Morgan fingerprint density at radius 3 is 2.26 bits per heavy atom. The first-order chi connectivity index (χ1) is 11.2. The van der Waals surface area contributed by atoms with E-state index in [1.165, 1.54) is 25.7 Å². The van der Waals surface area contributed by atoms with E-state index in [2.05, 4.69) is 9.80 Å². The Bertz CT molecular complexity index is 458. The van der Waals surface area contributed by atoms with Gasteiger partial charge in [0.1, 0.15) is 0 Å². The molecule has 2 saturated heterocycles. The van der Waals surface area contributed by atoms with Crippen molar-refractivity contribution in [2.24, 2.45) is 23.7 Å². The van der Waals surface area contributed by atoms with Gasteiger partial charge in [-0.1, -0.05) is 12.8 Å². The second kappa shape index (κ2) is 6.45. The van der Waals surface area contributed by atoms with E-state index in [0.717, 1.165) is 70.1 Å². The fourth-order valence-electron chi connectivity index (χ4n) is 5.27. The molecule has 2 amide bonds. The topological polar surface area (TPSA) is 40.6 Å². The van der Waals surface area contributed by atoms with Crippen molar-refractivity contribution in [3.63, 3.8) is 0 Å². The zero-order chi connectivity index (χ0) is 15.8. The molecule has 0 aromatic heterocycles. The molecule has 4 nitrogen and oxygen atoms in total.